The van der Waals surface area contributed by atoms with E-state index in [1.807, 2.05) is 6.92 Å². The minimum Gasteiger partial charge on any atom is -0.463 e. The normalized spacial score (nSPS) is 12.9. The zero-order valence-corrected chi connectivity index (χ0v) is 11.7. The molecule has 0 aliphatic rings. The van der Waals surface area contributed by atoms with E-state index in [4.69, 9.17) is 4.74 Å². The molecule has 100 valence electrons. The lowest BCUT2D eigenvalue weighted by Crippen LogP contribution is -2.11. The third kappa shape index (κ3) is 13.1. The van der Waals surface area contributed by atoms with Crippen LogP contribution in [0.25, 0.3) is 0 Å². The molecule has 0 fully saturated rings. The van der Waals surface area contributed by atoms with Crippen molar-refractivity contribution in [2.45, 2.75) is 78.2 Å². The molecule has 0 aliphatic carbocycles. The van der Waals surface area contributed by atoms with E-state index < -0.39 is 0 Å². The number of hydrogen-bond donors (Lipinski definition) is 0. The molecule has 0 saturated heterocycles. The van der Waals surface area contributed by atoms with Crippen LogP contribution < -0.4 is 0 Å². The van der Waals surface area contributed by atoms with Gasteiger partial charge in [-0.15, -0.1) is 0 Å². The number of hydrogen-bond acceptors (Lipinski definition) is 2. The monoisotopic (exact) mass is 240 g/mol. The van der Waals surface area contributed by atoms with Crippen molar-refractivity contribution in [3.63, 3.8) is 0 Å². The lowest BCUT2D eigenvalue weighted by molar-refractivity contribution is -0.145. The van der Waals surface area contributed by atoms with Gasteiger partial charge in [0, 0.05) is 6.92 Å². The maximum absolute atomic E-state index is 10.7. The predicted octanol–water partition coefficient (Wildman–Crippen LogP) is 4.63. The number of rotatable bonds is 10. The predicted molar refractivity (Wildman–Crippen MR) is 73.0 cm³/mol. The molecule has 1 atom stereocenters. The van der Waals surface area contributed by atoms with E-state index in [0.29, 0.717) is 0 Å². The molecule has 0 radical (unpaired) electrons. The number of esters is 1. The number of ether oxygens (including phenoxy) is 1. The molecule has 2 heteroatoms. The third-order valence-electron chi connectivity index (χ3n) is 2.75. The molecule has 0 saturated carbocycles. The highest BCUT2D eigenvalue weighted by atomic mass is 16.5. The second-order valence-electron chi connectivity index (χ2n) is 4.64. The number of carbonyl (C=O) groups excluding carboxylic acids is 1. The van der Waals surface area contributed by atoms with Crippen LogP contribution in [0.4, 0.5) is 0 Å². The fourth-order valence-electron chi connectivity index (χ4n) is 1.85. The molecule has 0 aromatic carbocycles. The lowest BCUT2D eigenvalue weighted by Gasteiger charge is -2.10. The molecule has 0 aromatic heterocycles. The molecular weight excluding hydrogens is 212 g/mol. The maximum Gasteiger partial charge on any atom is 0.302 e. The van der Waals surface area contributed by atoms with E-state index in [1.165, 1.54) is 45.4 Å². The zero-order valence-electron chi connectivity index (χ0n) is 11.7. The van der Waals surface area contributed by atoms with Crippen LogP contribution in [-0.2, 0) is 9.53 Å². The molecule has 1 unspecified atom stereocenters. The van der Waals surface area contributed by atoms with Crippen LogP contribution in [0.15, 0.2) is 12.2 Å². The highest BCUT2D eigenvalue weighted by molar-refractivity contribution is 5.66. The quantitative estimate of drug-likeness (QED) is 0.316. The highest BCUT2D eigenvalue weighted by Gasteiger charge is 2.04. The summed E-state index contributed by atoms with van der Waals surface area (Å²) in [6, 6.07) is 0. The second-order valence-corrected chi connectivity index (χ2v) is 4.64. The highest BCUT2D eigenvalue weighted by Crippen LogP contribution is 2.10. The van der Waals surface area contributed by atoms with Crippen LogP contribution in [0.5, 0.6) is 0 Å². The minimum absolute atomic E-state index is 0.0833. The van der Waals surface area contributed by atoms with Crippen LogP contribution in [0.1, 0.15) is 72.1 Å². The molecule has 0 aliphatic heterocycles. The Labute approximate surface area is 106 Å². The van der Waals surface area contributed by atoms with Crippen LogP contribution >= 0.6 is 0 Å². The summed E-state index contributed by atoms with van der Waals surface area (Å²) >= 11 is 0. The fourth-order valence-corrected chi connectivity index (χ4v) is 1.85. The standard InChI is InChI=1S/C15H28O2/c1-4-5-6-7-8-9-10-11-12-13-14(2)17-15(3)16/h5-6,14H,4,7-13H2,1-3H3/b6-5+. The molecule has 0 rings (SSSR count). The first kappa shape index (κ1) is 16.2. The summed E-state index contributed by atoms with van der Waals surface area (Å²) in [6.45, 7) is 5.61. The minimum atomic E-state index is -0.166. The molecular formula is C15H28O2. The molecule has 0 amide bonds. The zero-order chi connectivity index (χ0) is 12.9. The molecule has 0 spiro atoms. The SMILES string of the molecule is CC/C=C/CCCCCCCC(C)OC(C)=O. The summed E-state index contributed by atoms with van der Waals surface area (Å²) < 4.78 is 5.07. The van der Waals surface area contributed by atoms with E-state index in [1.54, 1.807) is 0 Å². The Morgan fingerprint density at radius 1 is 1.12 bits per heavy atom. The van der Waals surface area contributed by atoms with Gasteiger partial charge >= 0.3 is 5.97 Å². The van der Waals surface area contributed by atoms with Gasteiger partial charge in [0.05, 0.1) is 6.10 Å². The Hall–Kier alpha value is -0.790. The van der Waals surface area contributed by atoms with E-state index in [2.05, 4.69) is 19.1 Å². The van der Waals surface area contributed by atoms with Gasteiger partial charge in [0.25, 0.3) is 0 Å². The maximum atomic E-state index is 10.7. The Balaban J connectivity index is 3.18. The van der Waals surface area contributed by atoms with E-state index in [-0.39, 0.29) is 12.1 Å². The lowest BCUT2D eigenvalue weighted by atomic mass is 10.1. The van der Waals surface area contributed by atoms with Gasteiger partial charge in [-0.05, 0) is 39.0 Å². The van der Waals surface area contributed by atoms with Crippen molar-refractivity contribution in [2.24, 2.45) is 0 Å². The van der Waals surface area contributed by atoms with Gasteiger partial charge in [-0.3, -0.25) is 4.79 Å². The van der Waals surface area contributed by atoms with Gasteiger partial charge in [-0.2, -0.15) is 0 Å². The smallest absolute Gasteiger partial charge is 0.302 e. The van der Waals surface area contributed by atoms with Crippen molar-refractivity contribution in [3.05, 3.63) is 12.2 Å². The molecule has 0 aromatic rings. The van der Waals surface area contributed by atoms with E-state index in [9.17, 15) is 4.79 Å². The summed E-state index contributed by atoms with van der Waals surface area (Å²) in [5.74, 6) is -0.166. The topological polar surface area (TPSA) is 26.3 Å². The number of allylic oxidation sites excluding steroid dienone is 2. The van der Waals surface area contributed by atoms with Crippen molar-refractivity contribution in [3.8, 4) is 0 Å². The average molecular weight is 240 g/mol. The summed E-state index contributed by atoms with van der Waals surface area (Å²) in [7, 11) is 0. The Kier molecular flexibility index (Phi) is 11.1. The van der Waals surface area contributed by atoms with E-state index >= 15 is 0 Å². The Bertz CT molecular complexity index is 209. The second kappa shape index (κ2) is 11.7. The van der Waals surface area contributed by atoms with Crippen molar-refractivity contribution in [1.82, 2.24) is 0 Å². The average Bonchev–Trinajstić information content (AvgIpc) is 2.26. The van der Waals surface area contributed by atoms with Gasteiger partial charge in [-0.1, -0.05) is 38.3 Å². The Morgan fingerprint density at radius 3 is 2.41 bits per heavy atom. The molecule has 0 heterocycles. The number of unbranched alkanes of at least 4 members (excludes halogenated alkanes) is 5. The molecule has 0 bridgehead atoms. The fraction of sp³-hybridized carbons (Fsp3) is 0.800. The Morgan fingerprint density at radius 2 is 1.76 bits per heavy atom. The summed E-state index contributed by atoms with van der Waals surface area (Å²) in [6.07, 6.45) is 14.3. The molecule has 17 heavy (non-hydrogen) atoms. The molecule has 2 nitrogen and oxygen atoms in total. The summed E-state index contributed by atoms with van der Waals surface area (Å²) in [4.78, 5) is 10.7. The molecule has 0 N–H and O–H groups in total. The first-order valence-electron chi connectivity index (χ1n) is 6.99. The first-order valence-corrected chi connectivity index (χ1v) is 6.99. The first-order chi connectivity index (χ1) is 8.16. The summed E-state index contributed by atoms with van der Waals surface area (Å²) in [5.41, 5.74) is 0. The van der Waals surface area contributed by atoms with Crippen molar-refractivity contribution >= 4 is 5.97 Å². The van der Waals surface area contributed by atoms with Crippen molar-refractivity contribution in [1.29, 1.82) is 0 Å². The number of carbonyl (C=O) groups is 1. The van der Waals surface area contributed by atoms with Crippen LogP contribution in [0, 0.1) is 0 Å². The van der Waals surface area contributed by atoms with Gasteiger partial charge in [0.15, 0.2) is 0 Å². The van der Waals surface area contributed by atoms with Crippen molar-refractivity contribution < 1.29 is 9.53 Å². The van der Waals surface area contributed by atoms with Crippen LogP contribution in [0.3, 0.4) is 0 Å². The van der Waals surface area contributed by atoms with Gasteiger partial charge in [-0.25, -0.2) is 0 Å². The van der Waals surface area contributed by atoms with Crippen LogP contribution in [-0.4, -0.2) is 12.1 Å². The van der Waals surface area contributed by atoms with Gasteiger partial charge < -0.3 is 4.74 Å². The van der Waals surface area contributed by atoms with E-state index in [0.717, 1.165) is 12.8 Å². The largest absolute Gasteiger partial charge is 0.463 e. The van der Waals surface area contributed by atoms with Crippen LogP contribution in [0.2, 0.25) is 0 Å². The van der Waals surface area contributed by atoms with Gasteiger partial charge in [0.2, 0.25) is 0 Å². The van der Waals surface area contributed by atoms with Gasteiger partial charge in [0.1, 0.15) is 0 Å². The third-order valence-corrected chi connectivity index (χ3v) is 2.75. The van der Waals surface area contributed by atoms with Crippen molar-refractivity contribution in [2.75, 3.05) is 0 Å². The summed E-state index contributed by atoms with van der Waals surface area (Å²) in [5, 5.41) is 0.